The van der Waals surface area contributed by atoms with Gasteiger partial charge in [-0.1, -0.05) is 6.92 Å². The number of amides is 2. The number of rotatable bonds is 8. The molecule has 0 aliphatic carbocycles. The van der Waals surface area contributed by atoms with Crippen LogP contribution in [0.25, 0.3) is 0 Å². The Kier molecular flexibility index (Phi) is 8.06. The van der Waals surface area contributed by atoms with E-state index in [0.29, 0.717) is 6.42 Å². The molecule has 0 aliphatic heterocycles. The van der Waals surface area contributed by atoms with Gasteiger partial charge in [0.15, 0.2) is 5.78 Å². The fourth-order valence-electron chi connectivity index (χ4n) is 1.39. The molecule has 0 bridgehead atoms. The SMILES string of the molecule is CCC(=O)CN(C)C(=O)CN(C)C(=O)CN(C)C(C)C. The van der Waals surface area contributed by atoms with Gasteiger partial charge in [0.2, 0.25) is 11.8 Å². The molecule has 0 aromatic rings. The molecule has 0 aliphatic rings. The minimum absolute atomic E-state index is 0.00172. The monoisotopic (exact) mass is 285 g/mol. The Morgan fingerprint density at radius 3 is 1.75 bits per heavy atom. The van der Waals surface area contributed by atoms with Gasteiger partial charge < -0.3 is 9.80 Å². The van der Waals surface area contributed by atoms with Crippen molar-refractivity contribution in [3.05, 3.63) is 0 Å². The normalized spacial score (nSPS) is 10.8. The van der Waals surface area contributed by atoms with Crippen molar-refractivity contribution in [2.24, 2.45) is 0 Å². The number of carbonyl (C=O) groups excluding carboxylic acids is 3. The van der Waals surface area contributed by atoms with Crippen LogP contribution in [0.1, 0.15) is 27.2 Å². The Hall–Kier alpha value is -1.43. The molecule has 0 rings (SSSR count). The second-order valence-electron chi connectivity index (χ2n) is 5.40. The highest BCUT2D eigenvalue weighted by molar-refractivity contribution is 5.89. The molecule has 0 atom stereocenters. The van der Waals surface area contributed by atoms with Gasteiger partial charge in [0.1, 0.15) is 0 Å². The van der Waals surface area contributed by atoms with Crippen molar-refractivity contribution in [2.45, 2.75) is 33.2 Å². The number of Topliss-reactive ketones (excluding diaryl/α,β-unsaturated/α-hetero) is 1. The topological polar surface area (TPSA) is 60.9 Å². The average molecular weight is 285 g/mol. The zero-order valence-electron chi connectivity index (χ0n) is 13.5. The van der Waals surface area contributed by atoms with Crippen LogP contribution in [0.3, 0.4) is 0 Å². The fourth-order valence-corrected chi connectivity index (χ4v) is 1.39. The van der Waals surface area contributed by atoms with Crippen LogP contribution >= 0.6 is 0 Å². The molecule has 0 saturated carbocycles. The first-order chi connectivity index (χ1) is 9.18. The van der Waals surface area contributed by atoms with Crippen molar-refractivity contribution < 1.29 is 14.4 Å². The van der Waals surface area contributed by atoms with E-state index in [9.17, 15) is 14.4 Å². The standard InChI is InChI=1S/C14H27N3O3/c1-7-12(18)8-16(5)14(20)10-17(6)13(19)9-15(4)11(2)3/h11H,7-10H2,1-6H3. The van der Waals surface area contributed by atoms with Gasteiger partial charge in [-0.3, -0.25) is 19.3 Å². The number of carbonyl (C=O) groups is 3. The molecule has 2 amide bonds. The van der Waals surface area contributed by atoms with Crippen LogP contribution in [0.15, 0.2) is 0 Å². The van der Waals surface area contributed by atoms with E-state index in [1.54, 1.807) is 21.0 Å². The summed E-state index contributed by atoms with van der Waals surface area (Å²) < 4.78 is 0. The maximum Gasteiger partial charge on any atom is 0.242 e. The molecule has 0 N–H and O–H groups in total. The van der Waals surface area contributed by atoms with Gasteiger partial charge in [0.05, 0.1) is 19.6 Å². The van der Waals surface area contributed by atoms with Crippen LogP contribution in [0.2, 0.25) is 0 Å². The van der Waals surface area contributed by atoms with Crippen LogP contribution in [0.5, 0.6) is 0 Å². The number of likely N-dealkylation sites (N-methyl/N-ethyl adjacent to an activating group) is 3. The highest BCUT2D eigenvalue weighted by Gasteiger charge is 2.18. The molecule has 6 nitrogen and oxygen atoms in total. The van der Waals surface area contributed by atoms with E-state index in [-0.39, 0.29) is 43.3 Å². The van der Waals surface area contributed by atoms with E-state index in [0.717, 1.165) is 0 Å². The third kappa shape index (κ3) is 6.65. The number of hydrogen-bond donors (Lipinski definition) is 0. The Labute approximate surface area is 121 Å². The van der Waals surface area contributed by atoms with Crippen LogP contribution < -0.4 is 0 Å². The summed E-state index contributed by atoms with van der Waals surface area (Å²) in [6.45, 7) is 6.14. The molecular weight excluding hydrogens is 258 g/mol. The minimum Gasteiger partial charge on any atom is -0.337 e. The lowest BCUT2D eigenvalue weighted by atomic mass is 10.3. The van der Waals surface area contributed by atoms with Crippen LogP contribution in [0, 0.1) is 0 Å². The lowest BCUT2D eigenvalue weighted by molar-refractivity contribution is -0.140. The number of hydrogen-bond acceptors (Lipinski definition) is 4. The Bertz CT molecular complexity index is 356. The first-order valence-corrected chi connectivity index (χ1v) is 6.88. The summed E-state index contributed by atoms with van der Waals surface area (Å²) in [5, 5.41) is 0. The van der Waals surface area contributed by atoms with E-state index < -0.39 is 0 Å². The minimum atomic E-state index is -0.227. The maximum absolute atomic E-state index is 11.9. The van der Waals surface area contributed by atoms with Crippen LogP contribution in [0.4, 0.5) is 0 Å². The molecule has 0 aromatic carbocycles. The van der Waals surface area contributed by atoms with Gasteiger partial charge in [-0.05, 0) is 20.9 Å². The lowest BCUT2D eigenvalue weighted by Crippen LogP contribution is -2.44. The quantitative estimate of drug-likeness (QED) is 0.640. The fraction of sp³-hybridized carbons (Fsp3) is 0.786. The largest absolute Gasteiger partial charge is 0.337 e. The van der Waals surface area contributed by atoms with Crippen molar-refractivity contribution in [3.63, 3.8) is 0 Å². The molecule has 0 heterocycles. The summed E-state index contributed by atoms with van der Waals surface area (Å²) in [6, 6.07) is 0.271. The van der Waals surface area contributed by atoms with Gasteiger partial charge in [-0.2, -0.15) is 0 Å². The van der Waals surface area contributed by atoms with E-state index in [2.05, 4.69) is 0 Å². The third-order valence-corrected chi connectivity index (χ3v) is 3.30. The summed E-state index contributed by atoms with van der Waals surface area (Å²) in [6.07, 6.45) is 0.408. The Balaban J connectivity index is 4.31. The Morgan fingerprint density at radius 2 is 1.30 bits per heavy atom. The summed E-state index contributed by atoms with van der Waals surface area (Å²) in [5.41, 5.74) is 0. The summed E-state index contributed by atoms with van der Waals surface area (Å²) >= 11 is 0. The Morgan fingerprint density at radius 1 is 0.850 bits per heavy atom. The van der Waals surface area contributed by atoms with Crippen molar-refractivity contribution in [1.29, 1.82) is 0 Å². The molecule has 0 fully saturated rings. The van der Waals surface area contributed by atoms with Gasteiger partial charge in [0.25, 0.3) is 0 Å². The molecule has 20 heavy (non-hydrogen) atoms. The molecule has 0 unspecified atom stereocenters. The molecule has 0 radical (unpaired) electrons. The first-order valence-electron chi connectivity index (χ1n) is 6.88. The van der Waals surface area contributed by atoms with Crippen molar-refractivity contribution in [1.82, 2.24) is 14.7 Å². The zero-order valence-corrected chi connectivity index (χ0v) is 13.5. The first kappa shape index (κ1) is 18.6. The second kappa shape index (κ2) is 8.68. The van der Waals surface area contributed by atoms with Gasteiger partial charge in [0, 0.05) is 26.6 Å². The molecule has 0 spiro atoms. The van der Waals surface area contributed by atoms with Crippen LogP contribution in [-0.4, -0.2) is 79.1 Å². The van der Waals surface area contributed by atoms with Gasteiger partial charge >= 0.3 is 0 Å². The van der Waals surface area contributed by atoms with Gasteiger partial charge in [-0.15, -0.1) is 0 Å². The molecular formula is C14H27N3O3. The van der Waals surface area contributed by atoms with Crippen molar-refractivity contribution in [3.8, 4) is 0 Å². The molecule has 116 valence electrons. The molecule has 0 aromatic heterocycles. The van der Waals surface area contributed by atoms with Crippen LogP contribution in [-0.2, 0) is 14.4 Å². The second-order valence-corrected chi connectivity index (χ2v) is 5.40. The van der Waals surface area contributed by atoms with E-state index in [4.69, 9.17) is 0 Å². The summed E-state index contributed by atoms with van der Waals surface area (Å²) in [7, 11) is 5.04. The molecule has 6 heteroatoms. The zero-order chi connectivity index (χ0) is 15.9. The highest BCUT2D eigenvalue weighted by atomic mass is 16.2. The number of ketones is 1. The van der Waals surface area contributed by atoms with E-state index in [1.165, 1.54) is 9.80 Å². The average Bonchev–Trinajstić information content (AvgIpc) is 2.37. The van der Waals surface area contributed by atoms with Gasteiger partial charge in [-0.25, -0.2) is 0 Å². The number of nitrogens with zero attached hydrogens (tertiary/aromatic N) is 3. The maximum atomic E-state index is 11.9. The highest BCUT2D eigenvalue weighted by Crippen LogP contribution is 1.97. The third-order valence-electron chi connectivity index (χ3n) is 3.30. The smallest absolute Gasteiger partial charge is 0.242 e. The molecule has 0 saturated heterocycles. The summed E-state index contributed by atoms with van der Waals surface area (Å²) in [4.78, 5) is 39.8. The van der Waals surface area contributed by atoms with Crippen molar-refractivity contribution in [2.75, 3.05) is 40.8 Å². The summed E-state index contributed by atoms with van der Waals surface area (Å²) in [5.74, 6) is -0.325. The van der Waals surface area contributed by atoms with Crippen molar-refractivity contribution >= 4 is 17.6 Å². The van der Waals surface area contributed by atoms with E-state index in [1.807, 2.05) is 25.8 Å². The predicted molar refractivity (Wildman–Crippen MR) is 78.3 cm³/mol. The lowest BCUT2D eigenvalue weighted by Gasteiger charge is -2.25. The predicted octanol–water partition coefficient (Wildman–Crippen LogP) is 0.223. The van der Waals surface area contributed by atoms with E-state index >= 15 is 0 Å².